The van der Waals surface area contributed by atoms with E-state index in [1.54, 1.807) is 0 Å². The van der Waals surface area contributed by atoms with Gasteiger partial charge in [-0.2, -0.15) is 0 Å². The van der Waals surface area contributed by atoms with Gasteiger partial charge in [-0.25, -0.2) is 18.4 Å². The molecule has 0 bridgehead atoms. The standard InChI is InChI=1S/C18H20N2O5S2/c1-11-2-7-15-12(8-11)9-16(26-15)18(22)25-10-17(21)20-13-3-5-14(6-4-13)27(19,23)24/h3-6,9,11H,2,7-8,10H2,1H3,(H,20,21)(H2,19,23,24)/t11-/m1/s1. The van der Waals surface area contributed by atoms with E-state index in [1.165, 1.54) is 46.0 Å². The zero-order valence-electron chi connectivity index (χ0n) is 14.7. The summed E-state index contributed by atoms with van der Waals surface area (Å²) < 4.78 is 27.5. The molecular formula is C18H20N2O5S2. The van der Waals surface area contributed by atoms with E-state index in [0.717, 1.165) is 19.3 Å². The zero-order chi connectivity index (χ0) is 19.6. The van der Waals surface area contributed by atoms with Gasteiger partial charge in [0, 0.05) is 10.6 Å². The minimum atomic E-state index is -3.79. The molecule has 27 heavy (non-hydrogen) atoms. The highest BCUT2D eigenvalue weighted by Gasteiger charge is 2.21. The Morgan fingerprint density at radius 1 is 1.30 bits per heavy atom. The van der Waals surface area contributed by atoms with Crippen LogP contribution in [-0.4, -0.2) is 26.9 Å². The number of carbonyl (C=O) groups excluding carboxylic acids is 2. The quantitative estimate of drug-likeness (QED) is 0.737. The van der Waals surface area contributed by atoms with Gasteiger partial charge >= 0.3 is 5.97 Å². The van der Waals surface area contributed by atoms with E-state index in [1.807, 2.05) is 6.07 Å². The lowest BCUT2D eigenvalue weighted by atomic mass is 9.90. The number of esters is 1. The molecule has 3 N–H and O–H groups in total. The Balaban J connectivity index is 1.54. The lowest BCUT2D eigenvalue weighted by molar-refractivity contribution is -0.119. The van der Waals surface area contributed by atoms with Crippen LogP contribution in [-0.2, 0) is 32.4 Å². The van der Waals surface area contributed by atoms with Gasteiger partial charge < -0.3 is 10.1 Å². The second-order valence-corrected chi connectivity index (χ2v) is 9.30. The second-order valence-electron chi connectivity index (χ2n) is 6.60. The topological polar surface area (TPSA) is 116 Å². The number of amides is 1. The molecule has 1 aromatic heterocycles. The number of sulfonamides is 1. The Kier molecular flexibility index (Phi) is 5.64. The highest BCUT2D eigenvalue weighted by Crippen LogP contribution is 2.32. The summed E-state index contributed by atoms with van der Waals surface area (Å²) in [4.78, 5) is 25.8. The molecule has 0 saturated heterocycles. The van der Waals surface area contributed by atoms with Crippen LogP contribution in [0.2, 0.25) is 0 Å². The van der Waals surface area contributed by atoms with Crippen LogP contribution in [0.4, 0.5) is 5.69 Å². The largest absolute Gasteiger partial charge is 0.451 e. The maximum atomic E-state index is 12.2. The van der Waals surface area contributed by atoms with Crippen molar-refractivity contribution in [1.29, 1.82) is 0 Å². The number of hydrogen-bond acceptors (Lipinski definition) is 6. The summed E-state index contributed by atoms with van der Waals surface area (Å²) in [7, 11) is -3.79. The third kappa shape index (κ3) is 4.94. The number of carbonyl (C=O) groups is 2. The van der Waals surface area contributed by atoms with Crippen molar-refractivity contribution in [2.45, 2.75) is 31.1 Å². The number of aryl methyl sites for hydroxylation is 1. The van der Waals surface area contributed by atoms with Crippen LogP contribution in [0.1, 0.15) is 33.5 Å². The van der Waals surface area contributed by atoms with Crippen LogP contribution in [0, 0.1) is 5.92 Å². The highest BCUT2D eigenvalue weighted by atomic mass is 32.2. The molecule has 1 atom stereocenters. The molecule has 3 rings (SSSR count). The number of benzene rings is 1. The van der Waals surface area contributed by atoms with Gasteiger partial charge in [0.1, 0.15) is 4.88 Å². The molecule has 1 aliphatic carbocycles. The van der Waals surface area contributed by atoms with Crippen molar-refractivity contribution in [3.8, 4) is 0 Å². The van der Waals surface area contributed by atoms with Gasteiger partial charge in [-0.1, -0.05) is 6.92 Å². The number of ether oxygens (including phenoxy) is 1. The third-order valence-corrected chi connectivity index (χ3v) is 6.48. The maximum absolute atomic E-state index is 12.2. The Labute approximate surface area is 161 Å². The van der Waals surface area contributed by atoms with Crippen molar-refractivity contribution in [2.75, 3.05) is 11.9 Å². The van der Waals surface area contributed by atoms with E-state index < -0.39 is 28.5 Å². The molecule has 2 aromatic rings. The average molecular weight is 409 g/mol. The first-order valence-electron chi connectivity index (χ1n) is 8.44. The number of rotatable bonds is 5. The van der Waals surface area contributed by atoms with Crippen LogP contribution in [0.25, 0.3) is 0 Å². The summed E-state index contributed by atoms with van der Waals surface area (Å²) in [6.45, 7) is 1.77. The van der Waals surface area contributed by atoms with Crippen molar-refractivity contribution in [3.63, 3.8) is 0 Å². The summed E-state index contributed by atoms with van der Waals surface area (Å²) in [5.74, 6) is -0.411. The Hall–Kier alpha value is -2.23. The van der Waals surface area contributed by atoms with Crippen molar-refractivity contribution < 1.29 is 22.7 Å². The van der Waals surface area contributed by atoms with Crippen molar-refractivity contribution >= 4 is 38.9 Å². The molecule has 7 nitrogen and oxygen atoms in total. The fourth-order valence-corrected chi connectivity index (χ4v) is 4.55. The first-order valence-corrected chi connectivity index (χ1v) is 10.8. The molecule has 1 amide bonds. The zero-order valence-corrected chi connectivity index (χ0v) is 16.4. The second kappa shape index (κ2) is 7.79. The maximum Gasteiger partial charge on any atom is 0.348 e. The summed E-state index contributed by atoms with van der Waals surface area (Å²) in [5, 5.41) is 7.55. The van der Waals surface area contributed by atoms with Crippen molar-refractivity contribution in [3.05, 3.63) is 45.6 Å². The van der Waals surface area contributed by atoms with Crippen molar-refractivity contribution in [1.82, 2.24) is 0 Å². The number of hydrogen-bond donors (Lipinski definition) is 2. The Bertz CT molecular complexity index is 964. The number of anilines is 1. The van der Waals surface area contributed by atoms with E-state index in [0.29, 0.717) is 16.5 Å². The lowest BCUT2D eigenvalue weighted by Crippen LogP contribution is -2.20. The van der Waals surface area contributed by atoms with Gasteiger partial charge in [0.15, 0.2) is 6.61 Å². The number of nitrogens with two attached hydrogens (primary N) is 1. The fraction of sp³-hybridized carbons (Fsp3) is 0.333. The van der Waals surface area contributed by atoms with E-state index >= 15 is 0 Å². The Morgan fingerprint density at radius 3 is 2.67 bits per heavy atom. The summed E-state index contributed by atoms with van der Waals surface area (Å²) in [6, 6.07) is 7.26. The number of thiophene rings is 1. The summed E-state index contributed by atoms with van der Waals surface area (Å²) in [6.07, 6.45) is 3.06. The van der Waals surface area contributed by atoms with Gasteiger partial charge in [0.25, 0.3) is 5.91 Å². The predicted molar refractivity (Wildman–Crippen MR) is 102 cm³/mol. The molecule has 0 radical (unpaired) electrons. The molecule has 1 heterocycles. The highest BCUT2D eigenvalue weighted by molar-refractivity contribution is 7.89. The van der Waals surface area contributed by atoms with E-state index in [4.69, 9.17) is 9.88 Å². The van der Waals surface area contributed by atoms with Gasteiger partial charge in [-0.05, 0) is 61.1 Å². The van der Waals surface area contributed by atoms with Crippen LogP contribution in [0.3, 0.4) is 0 Å². The smallest absolute Gasteiger partial charge is 0.348 e. The van der Waals surface area contributed by atoms with Gasteiger partial charge in [-0.3, -0.25) is 4.79 Å². The number of primary sulfonamides is 1. The van der Waals surface area contributed by atoms with Gasteiger partial charge in [-0.15, -0.1) is 11.3 Å². The minimum absolute atomic E-state index is 0.0529. The lowest BCUT2D eigenvalue weighted by Gasteiger charge is -2.16. The van der Waals surface area contributed by atoms with Crippen LogP contribution < -0.4 is 10.5 Å². The van der Waals surface area contributed by atoms with Crippen LogP contribution in [0.15, 0.2) is 35.2 Å². The molecule has 1 aliphatic rings. The first-order chi connectivity index (χ1) is 12.7. The molecule has 144 valence electrons. The van der Waals surface area contributed by atoms with Gasteiger partial charge in [0.05, 0.1) is 4.90 Å². The Morgan fingerprint density at radius 2 is 2.00 bits per heavy atom. The van der Waals surface area contributed by atoms with E-state index in [-0.39, 0.29) is 4.90 Å². The average Bonchev–Trinajstić information content (AvgIpc) is 3.02. The van der Waals surface area contributed by atoms with Crippen molar-refractivity contribution in [2.24, 2.45) is 11.1 Å². The molecule has 1 aromatic carbocycles. The first kappa shape index (κ1) is 19.5. The minimum Gasteiger partial charge on any atom is -0.451 e. The summed E-state index contributed by atoms with van der Waals surface area (Å²) >= 11 is 1.43. The van der Waals surface area contributed by atoms with Crippen LogP contribution in [0.5, 0.6) is 0 Å². The van der Waals surface area contributed by atoms with Gasteiger partial charge in [0.2, 0.25) is 10.0 Å². The normalized spacial score (nSPS) is 16.4. The molecule has 0 unspecified atom stereocenters. The molecule has 0 spiro atoms. The fourth-order valence-electron chi connectivity index (χ4n) is 2.93. The SMILES string of the molecule is C[C@@H]1CCc2sc(C(=O)OCC(=O)Nc3ccc(S(N)(=O)=O)cc3)cc2C1. The molecule has 0 saturated carbocycles. The molecule has 0 fully saturated rings. The van der Waals surface area contributed by atoms with E-state index in [9.17, 15) is 18.0 Å². The number of nitrogens with one attached hydrogen (secondary N) is 1. The molecule has 9 heteroatoms. The molecular weight excluding hydrogens is 388 g/mol. The third-order valence-electron chi connectivity index (χ3n) is 4.33. The molecule has 0 aliphatic heterocycles. The predicted octanol–water partition coefficient (Wildman–Crippen LogP) is 2.32. The summed E-state index contributed by atoms with van der Waals surface area (Å²) in [5.41, 5.74) is 1.58. The van der Waals surface area contributed by atoms with Crippen LogP contribution >= 0.6 is 11.3 Å². The number of fused-ring (bicyclic) bond motifs is 1. The monoisotopic (exact) mass is 408 g/mol. The van der Waals surface area contributed by atoms with E-state index in [2.05, 4.69) is 12.2 Å².